The second kappa shape index (κ2) is 8.20. The topological polar surface area (TPSA) is 36.0 Å². The lowest BCUT2D eigenvalue weighted by Crippen LogP contribution is -2.54. The molecule has 5 heteroatoms. The van der Waals surface area contributed by atoms with Crippen molar-refractivity contribution in [3.63, 3.8) is 0 Å². The molecule has 2 aliphatic heterocycles. The zero-order chi connectivity index (χ0) is 15.9. The summed E-state index contributed by atoms with van der Waals surface area (Å²) < 4.78 is 5.75. The van der Waals surface area contributed by atoms with Crippen LogP contribution in [-0.2, 0) is 0 Å². The molecule has 2 amide bonds. The van der Waals surface area contributed by atoms with Gasteiger partial charge in [0.05, 0.1) is 0 Å². The highest BCUT2D eigenvalue weighted by molar-refractivity contribution is 5.74. The molecule has 0 spiro atoms. The number of piperazine rings is 1. The van der Waals surface area contributed by atoms with E-state index in [1.807, 2.05) is 40.1 Å². The van der Waals surface area contributed by atoms with Crippen molar-refractivity contribution in [1.29, 1.82) is 0 Å². The van der Waals surface area contributed by atoms with Crippen LogP contribution in [0.3, 0.4) is 0 Å². The minimum atomic E-state index is 0.241. The lowest BCUT2D eigenvalue weighted by Gasteiger charge is -2.38. The Bertz CT molecular complexity index is 480. The molecular formula is C18H27N3O2. The molecule has 0 unspecified atom stereocenters. The fourth-order valence-corrected chi connectivity index (χ4v) is 3.26. The van der Waals surface area contributed by atoms with Gasteiger partial charge in [0.15, 0.2) is 0 Å². The number of amides is 2. The predicted molar refractivity (Wildman–Crippen MR) is 90.8 cm³/mol. The van der Waals surface area contributed by atoms with Crippen LogP contribution in [0.4, 0.5) is 4.79 Å². The number of carbonyl (C=O) groups is 1. The molecule has 0 bridgehead atoms. The molecule has 0 saturated carbocycles. The van der Waals surface area contributed by atoms with E-state index in [0.29, 0.717) is 6.61 Å². The van der Waals surface area contributed by atoms with Gasteiger partial charge >= 0.3 is 6.03 Å². The number of benzene rings is 1. The average Bonchev–Trinajstić information content (AvgIpc) is 2.63. The number of para-hydroxylation sites is 1. The highest BCUT2D eigenvalue weighted by atomic mass is 16.5. The standard InChI is InChI=1S/C18H27N3O2/c22-18(20-9-5-2-6-10-20)21-13-11-19(12-14-21)15-16-23-17-7-3-1-4-8-17/h1,3-4,7-8H,2,5-6,9-16H2. The Morgan fingerprint density at radius 1 is 0.870 bits per heavy atom. The summed E-state index contributed by atoms with van der Waals surface area (Å²) in [5.41, 5.74) is 0. The summed E-state index contributed by atoms with van der Waals surface area (Å²) in [5, 5.41) is 0. The molecule has 2 heterocycles. The number of ether oxygens (including phenoxy) is 1. The van der Waals surface area contributed by atoms with Crippen LogP contribution in [0.15, 0.2) is 30.3 Å². The van der Waals surface area contributed by atoms with Crippen LogP contribution in [0.25, 0.3) is 0 Å². The van der Waals surface area contributed by atoms with Gasteiger partial charge in [-0.25, -0.2) is 4.79 Å². The van der Waals surface area contributed by atoms with Gasteiger partial charge in [-0.2, -0.15) is 0 Å². The Labute approximate surface area is 138 Å². The van der Waals surface area contributed by atoms with Crippen LogP contribution in [-0.4, -0.2) is 73.2 Å². The molecule has 0 aliphatic carbocycles. The number of hydrogen-bond acceptors (Lipinski definition) is 3. The molecule has 2 fully saturated rings. The van der Waals surface area contributed by atoms with Gasteiger partial charge in [-0.1, -0.05) is 18.2 Å². The first-order chi connectivity index (χ1) is 11.3. The summed E-state index contributed by atoms with van der Waals surface area (Å²) in [5.74, 6) is 0.923. The van der Waals surface area contributed by atoms with Crippen molar-refractivity contribution in [2.45, 2.75) is 19.3 Å². The van der Waals surface area contributed by atoms with E-state index in [9.17, 15) is 4.79 Å². The summed E-state index contributed by atoms with van der Waals surface area (Å²) >= 11 is 0. The van der Waals surface area contributed by atoms with Crippen LogP contribution in [0.1, 0.15) is 19.3 Å². The van der Waals surface area contributed by atoms with Crippen molar-refractivity contribution in [3.8, 4) is 5.75 Å². The number of carbonyl (C=O) groups excluding carboxylic acids is 1. The molecule has 0 radical (unpaired) electrons. The SMILES string of the molecule is O=C(N1CCCCC1)N1CCN(CCOc2ccccc2)CC1. The molecule has 0 N–H and O–H groups in total. The molecule has 5 nitrogen and oxygen atoms in total. The highest BCUT2D eigenvalue weighted by Crippen LogP contribution is 2.13. The van der Waals surface area contributed by atoms with Gasteiger partial charge in [-0.15, -0.1) is 0 Å². The number of hydrogen-bond donors (Lipinski definition) is 0. The van der Waals surface area contributed by atoms with E-state index in [1.165, 1.54) is 6.42 Å². The summed E-state index contributed by atoms with van der Waals surface area (Å²) in [4.78, 5) is 18.9. The third-order valence-corrected chi connectivity index (χ3v) is 4.69. The van der Waals surface area contributed by atoms with Crippen molar-refractivity contribution in [3.05, 3.63) is 30.3 Å². The number of likely N-dealkylation sites (tertiary alicyclic amines) is 1. The molecule has 0 aromatic heterocycles. The van der Waals surface area contributed by atoms with Gasteiger partial charge in [0.1, 0.15) is 12.4 Å². The molecule has 0 atom stereocenters. The Morgan fingerprint density at radius 2 is 1.52 bits per heavy atom. The van der Waals surface area contributed by atoms with E-state index in [2.05, 4.69) is 4.90 Å². The maximum Gasteiger partial charge on any atom is 0.320 e. The minimum Gasteiger partial charge on any atom is -0.492 e. The smallest absolute Gasteiger partial charge is 0.320 e. The van der Waals surface area contributed by atoms with Crippen LogP contribution in [0.2, 0.25) is 0 Å². The fourth-order valence-electron chi connectivity index (χ4n) is 3.26. The van der Waals surface area contributed by atoms with E-state index in [-0.39, 0.29) is 6.03 Å². The second-order valence-electron chi connectivity index (χ2n) is 6.32. The van der Waals surface area contributed by atoms with Gasteiger partial charge in [-0.3, -0.25) is 4.90 Å². The number of rotatable bonds is 4. The van der Waals surface area contributed by atoms with Crippen molar-refractivity contribution < 1.29 is 9.53 Å². The first-order valence-electron chi connectivity index (χ1n) is 8.77. The van der Waals surface area contributed by atoms with E-state index in [0.717, 1.165) is 64.4 Å². The van der Waals surface area contributed by atoms with Crippen molar-refractivity contribution >= 4 is 6.03 Å². The first-order valence-corrected chi connectivity index (χ1v) is 8.77. The first kappa shape index (κ1) is 16.1. The molecule has 1 aromatic rings. The fraction of sp³-hybridized carbons (Fsp3) is 0.611. The number of nitrogens with zero attached hydrogens (tertiary/aromatic N) is 3. The van der Waals surface area contributed by atoms with Gasteiger partial charge in [0.2, 0.25) is 0 Å². The molecule has 2 saturated heterocycles. The third kappa shape index (κ3) is 4.61. The monoisotopic (exact) mass is 317 g/mol. The predicted octanol–water partition coefficient (Wildman–Crippen LogP) is 2.29. The maximum absolute atomic E-state index is 12.5. The van der Waals surface area contributed by atoms with Crippen LogP contribution in [0, 0.1) is 0 Å². The van der Waals surface area contributed by atoms with E-state index in [4.69, 9.17) is 4.74 Å². The highest BCUT2D eigenvalue weighted by Gasteiger charge is 2.25. The molecule has 23 heavy (non-hydrogen) atoms. The van der Waals surface area contributed by atoms with Crippen molar-refractivity contribution in [1.82, 2.24) is 14.7 Å². The Morgan fingerprint density at radius 3 is 2.22 bits per heavy atom. The number of piperidine rings is 1. The summed E-state index contributed by atoms with van der Waals surface area (Å²) in [6.45, 7) is 7.04. The van der Waals surface area contributed by atoms with E-state index in [1.54, 1.807) is 0 Å². The maximum atomic E-state index is 12.5. The van der Waals surface area contributed by atoms with Crippen LogP contribution in [0.5, 0.6) is 5.75 Å². The Hall–Kier alpha value is -1.75. The Kier molecular flexibility index (Phi) is 5.75. The second-order valence-corrected chi connectivity index (χ2v) is 6.32. The zero-order valence-electron chi connectivity index (χ0n) is 13.8. The summed E-state index contributed by atoms with van der Waals surface area (Å²) in [6, 6.07) is 10.2. The lowest BCUT2D eigenvalue weighted by atomic mass is 10.1. The van der Waals surface area contributed by atoms with E-state index >= 15 is 0 Å². The quantitative estimate of drug-likeness (QED) is 0.855. The Balaban J connectivity index is 1.36. The molecule has 126 valence electrons. The van der Waals surface area contributed by atoms with Gasteiger partial charge in [-0.05, 0) is 31.4 Å². The summed E-state index contributed by atoms with van der Waals surface area (Å²) in [6.07, 6.45) is 3.57. The summed E-state index contributed by atoms with van der Waals surface area (Å²) in [7, 11) is 0. The number of urea groups is 1. The molecule has 1 aromatic carbocycles. The molecule has 2 aliphatic rings. The zero-order valence-corrected chi connectivity index (χ0v) is 13.8. The van der Waals surface area contributed by atoms with Gasteiger partial charge in [0.25, 0.3) is 0 Å². The van der Waals surface area contributed by atoms with E-state index < -0.39 is 0 Å². The molecule has 3 rings (SSSR count). The van der Waals surface area contributed by atoms with Gasteiger partial charge < -0.3 is 14.5 Å². The largest absolute Gasteiger partial charge is 0.492 e. The van der Waals surface area contributed by atoms with Gasteiger partial charge in [0, 0.05) is 45.8 Å². The molecular weight excluding hydrogens is 290 g/mol. The van der Waals surface area contributed by atoms with Crippen molar-refractivity contribution in [2.24, 2.45) is 0 Å². The normalized spacial score (nSPS) is 19.7. The minimum absolute atomic E-state index is 0.241. The van der Waals surface area contributed by atoms with Crippen LogP contribution >= 0.6 is 0 Å². The van der Waals surface area contributed by atoms with Crippen molar-refractivity contribution in [2.75, 3.05) is 52.4 Å². The van der Waals surface area contributed by atoms with Crippen LogP contribution < -0.4 is 4.74 Å². The lowest BCUT2D eigenvalue weighted by molar-refractivity contribution is 0.100. The third-order valence-electron chi connectivity index (χ3n) is 4.69. The average molecular weight is 317 g/mol.